The first kappa shape index (κ1) is 14.4. The third-order valence-corrected chi connectivity index (χ3v) is 4.64. The van der Waals surface area contributed by atoms with Gasteiger partial charge < -0.3 is 5.32 Å². The molecule has 1 fully saturated rings. The van der Waals surface area contributed by atoms with Crippen LogP contribution in [0.15, 0.2) is 0 Å². The number of hydrogen-bond acceptors (Lipinski definition) is 2. The van der Waals surface area contributed by atoms with Gasteiger partial charge in [0.25, 0.3) is 0 Å². The number of anilines is 1. The standard InChI is InChI=1S/C16H29N3/c1-5-7-14-8-6-9-15(11-10-14)17-16-12(2)18-19(4)13(16)3/h14-15,17H,5-11H2,1-4H3. The maximum atomic E-state index is 4.50. The van der Waals surface area contributed by atoms with Gasteiger partial charge in [-0.05, 0) is 39.0 Å². The largest absolute Gasteiger partial charge is 0.379 e. The van der Waals surface area contributed by atoms with Crippen molar-refractivity contribution >= 4 is 5.69 Å². The van der Waals surface area contributed by atoms with Crippen LogP contribution >= 0.6 is 0 Å². The van der Waals surface area contributed by atoms with E-state index in [1.807, 2.05) is 11.7 Å². The lowest BCUT2D eigenvalue weighted by atomic mass is 9.95. The number of nitrogens with zero attached hydrogens (tertiary/aromatic N) is 2. The number of nitrogens with one attached hydrogen (secondary N) is 1. The number of rotatable bonds is 4. The molecule has 0 radical (unpaired) electrons. The van der Waals surface area contributed by atoms with E-state index >= 15 is 0 Å². The van der Waals surface area contributed by atoms with Crippen LogP contribution in [0.2, 0.25) is 0 Å². The van der Waals surface area contributed by atoms with E-state index in [1.54, 1.807) is 0 Å². The first-order chi connectivity index (χ1) is 9.11. The maximum Gasteiger partial charge on any atom is 0.0827 e. The summed E-state index contributed by atoms with van der Waals surface area (Å²) in [7, 11) is 2.03. The Morgan fingerprint density at radius 1 is 1.21 bits per heavy atom. The SMILES string of the molecule is CCCC1CCCC(Nc2c(C)nn(C)c2C)CC1. The van der Waals surface area contributed by atoms with Gasteiger partial charge in [-0.3, -0.25) is 4.68 Å². The molecule has 1 N–H and O–H groups in total. The number of hydrogen-bond donors (Lipinski definition) is 1. The van der Waals surface area contributed by atoms with Crippen molar-refractivity contribution in [3.8, 4) is 0 Å². The molecule has 1 aromatic rings. The Morgan fingerprint density at radius 2 is 2.00 bits per heavy atom. The van der Waals surface area contributed by atoms with Crippen LogP contribution in [0.1, 0.15) is 63.3 Å². The molecule has 1 aliphatic carbocycles. The molecule has 3 heteroatoms. The fourth-order valence-electron chi connectivity index (χ4n) is 3.41. The van der Waals surface area contributed by atoms with E-state index in [-0.39, 0.29) is 0 Å². The molecular weight excluding hydrogens is 234 g/mol. The lowest BCUT2D eigenvalue weighted by Gasteiger charge is -2.18. The lowest BCUT2D eigenvalue weighted by molar-refractivity contribution is 0.422. The van der Waals surface area contributed by atoms with Gasteiger partial charge in [0, 0.05) is 13.1 Å². The summed E-state index contributed by atoms with van der Waals surface area (Å²) in [4.78, 5) is 0. The van der Waals surface area contributed by atoms with Crippen LogP contribution in [0.3, 0.4) is 0 Å². The molecule has 108 valence electrons. The van der Waals surface area contributed by atoms with E-state index in [1.165, 1.54) is 56.3 Å². The van der Waals surface area contributed by atoms with Gasteiger partial charge in [0.05, 0.1) is 17.1 Å². The molecule has 0 amide bonds. The van der Waals surface area contributed by atoms with Gasteiger partial charge in [-0.2, -0.15) is 5.10 Å². The van der Waals surface area contributed by atoms with Crippen LogP contribution in [0, 0.1) is 19.8 Å². The minimum Gasteiger partial charge on any atom is -0.379 e. The normalized spacial score (nSPS) is 24.2. The van der Waals surface area contributed by atoms with E-state index in [9.17, 15) is 0 Å². The second-order valence-electron chi connectivity index (χ2n) is 6.17. The van der Waals surface area contributed by atoms with Crippen molar-refractivity contribution < 1.29 is 0 Å². The van der Waals surface area contributed by atoms with Crippen molar-refractivity contribution in [2.45, 2.75) is 71.8 Å². The summed E-state index contributed by atoms with van der Waals surface area (Å²) in [6, 6.07) is 0.642. The Morgan fingerprint density at radius 3 is 2.63 bits per heavy atom. The molecule has 1 saturated carbocycles. The van der Waals surface area contributed by atoms with Gasteiger partial charge in [-0.15, -0.1) is 0 Å². The highest BCUT2D eigenvalue weighted by Gasteiger charge is 2.20. The number of aryl methyl sites for hydroxylation is 2. The van der Waals surface area contributed by atoms with Crippen molar-refractivity contribution in [2.75, 3.05) is 5.32 Å². The highest BCUT2D eigenvalue weighted by atomic mass is 15.3. The molecule has 0 bridgehead atoms. The molecule has 2 rings (SSSR count). The van der Waals surface area contributed by atoms with Gasteiger partial charge in [-0.25, -0.2) is 0 Å². The molecule has 19 heavy (non-hydrogen) atoms. The first-order valence-electron chi connectivity index (χ1n) is 7.88. The van der Waals surface area contributed by atoms with E-state index in [4.69, 9.17) is 0 Å². The first-order valence-corrected chi connectivity index (χ1v) is 7.88. The average molecular weight is 263 g/mol. The smallest absolute Gasteiger partial charge is 0.0827 e. The molecule has 3 nitrogen and oxygen atoms in total. The number of aromatic nitrogens is 2. The van der Waals surface area contributed by atoms with Gasteiger partial charge in [0.2, 0.25) is 0 Å². The zero-order valence-electron chi connectivity index (χ0n) is 13.0. The lowest BCUT2D eigenvalue weighted by Crippen LogP contribution is -2.19. The van der Waals surface area contributed by atoms with Crippen LogP contribution in [-0.4, -0.2) is 15.8 Å². The molecule has 1 heterocycles. The highest BCUT2D eigenvalue weighted by molar-refractivity contribution is 5.52. The van der Waals surface area contributed by atoms with Gasteiger partial charge in [0.1, 0.15) is 0 Å². The van der Waals surface area contributed by atoms with Crippen molar-refractivity contribution in [1.82, 2.24) is 9.78 Å². The van der Waals surface area contributed by atoms with Crippen molar-refractivity contribution in [3.63, 3.8) is 0 Å². The molecule has 0 spiro atoms. The van der Waals surface area contributed by atoms with E-state index in [0.717, 1.165) is 11.6 Å². The van der Waals surface area contributed by atoms with Gasteiger partial charge >= 0.3 is 0 Å². The zero-order valence-corrected chi connectivity index (χ0v) is 13.0. The molecule has 0 aliphatic heterocycles. The predicted octanol–water partition coefficient (Wildman–Crippen LogP) is 4.20. The maximum absolute atomic E-state index is 4.50. The average Bonchev–Trinajstić information content (AvgIpc) is 2.58. The molecule has 2 atom stereocenters. The van der Waals surface area contributed by atoms with Gasteiger partial charge in [0.15, 0.2) is 0 Å². The molecule has 1 aromatic heterocycles. The highest BCUT2D eigenvalue weighted by Crippen LogP contribution is 2.29. The van der Waals surface area contributed by atoms with E-state index in [2.05, 4.69) is 31.2 Å². The van der Waals surface area contributed by atoms with Crippen LogP contribution < -0.4 is 5.32 Å². The summed E-state index contributed by atoms with van der Waals surface area (Å²) < 4.78 is 1.98. The Kier molecular flexibility index (Phi) is 4.89. The third-order valence-electron chi connectivity index (χ3n) is 4.64. The zero-order chi connectivity index (χ0) is 13.8. The van der Waals surface area contributed by atoms with E-state index < -0.39 is 0 Å². The van der Waals surface area contributed by atoms with Crippen molar-refractivity contribution in [1.29, 1.82) is 0 Å². The summed E-state index contributed by atoms with van der Waals surface area (Å²) >= 11 is 0. The Labute approximate surface area is 117 Å². The predicted molar refractivity (Wildman–Crippen MR) is 81.6 cm³/mol. The summed E-state index contributed by atoms with van der Waals surface area (Å²) in [6.45, 7) is 6.56. The quantitative estimate of drug-likeness (QED) is 0.825. The Balaban J connectivity index is 1.96. The second kappa shape index (κ2) is 6.44. The monoisotopic (exact) mass is 263 g/mol. The topological polar surface area (TPSA) is 29.9 Å². The summed E-state index contributed by atoms with van der Waals surface area (Å²) in [5.74, 6) is 0.966. The van der Waals surface area contributed by atoms with E-state index in [0.29, 0.717) is 6.04 Å². The van der Waals surface area contributed by atoms with Crippen molar-refractivity contribution in [2.24, 2.45) is 13.0 Å². The summed E-state index contributed by atoms with van der Waals surface area (Å²) in [5.41, 5.74) is 3.66. The fourth-order valence-corrected chi connectivity index (χ4v) is 3.41. The minimum atomic E-state index is 0.642. The summed E-state index contributed by atoms with van der Waals surface area (Å²) in [5, 5.41) is 8.26. The second-order valence-corrected chi connectivity index (χ2v) is 6.17. The van der Waals surface area contributed by atoms with Crippen LogP contribution in [0.4, 0.5) is 5.69 Å². The van der Waals surface area contributed by atoms with Crippen LogP contribution in [0.25, 0.3) is 0 Å². The van der Waals surface area contributed by atoms with Crippen LogP contribution in [-0.2, 0) is 7.05 Å². The minimum absolute atomic E-state index is 0.642. The van der Waals surface area contributed by atoms with Crippen LogP contribution in [0.5, 0.6) is 0 Å². The Hall–Kier alpha value is -0.990. The summed E-state index contributed by atoms with van der Waals surface area (Å²) in [6.07, 6.45) is 9.58. The third kappa shape index (κ3) is 3.52. The Bertz CT molecular complexity index is 408. The van der Waals surface area contributed by atoms with Crippen molar-refractivity contribution in [3.05, 3.63) is 11.4 Å². The van der Waals surface area contributed by atoms with Gasteiger partial charge in [-0.1, -0.05) is 32.6 Å². The molecule has 0 saturated heterocycles. The molecule has 1 aliphatic rings. The molecule has 0 aromatic carbocycles. The fraction of sp³-hybridized carbons (Fsp3) is 0.812. The molecular formula is C16H29N3. The molecule has 2 unspecified atom stereocenters.